The normalized spacial score (nSPS) is 10.1. The Kier molecular flexibility index (Phi) is 3.93. The third-order valence-electron chi connectivity index (χ3n) is 2.00. The maximum Gasteiger partial charge on any atom is 0.330 e. The van der Waals surface area contributed by atoms with Crippen molar-refractivity contribution in [3.63, 3.8) is 0 Å². The van der Waals surface area contributed by atoms with Crippen LogP contribution in [0.5, 0.6) is 17.8 Å². The van der Waals surface area contributed by atoms with Crippen molar-refractivity contribution in [1.29, 1.82) is 0 Å². The van der Waals surface area contributed by atoms with Crippen molar-refractivity contribution >= 4 is 17.5 Å². The van der Waals surface area contributed by atoms with Gasteiger partial charge in [-0.25, -0.2) is 10.2 Å². The number of anilines is 1. The molecule has 0 bridgehead atoms. The number of nitrogen functional groups attached to an aromatic ring is 1. The van der Waals surface area contributed by atoms with Gasteiger partial charge in [-0.05, 0) is 18.2 Å². The summed E-state index contributed by atoms with van der Waals surface area (Å²) in [6.45, 7) is 0. The lowest BCUT2D eigenvalue weighted by Gasteiger charge is -2.07. The number of hydrogen-bond donors (Lipinski definition) is 2. The van der Waals surface area contributed by atoms with E-state index in [1.54, 1.807) is 0 Å². The fourth-order valence-corrected chi connectivity index (χ4v) is 1.40. The molecule has 2 rings (SSSR count). The standard InChI is InChI=1S/C10H9ClFN5O2/c1-18-9-14-8(17-13)15-10(16-9)19-7-3-2-5(12)4-6(7)11/h2-4H,13H2,1H3,(H,14,15,16,17). The predicted octanol–water partition coefficient (Wildman–Crippen LogP) is 1.75. The molecule has 3 N–H and O–H groups in total. The number of nitrogens with one attached hydrogen (secondary N) is 1. The van der Waals surface area contributed by atoms with Gasteiger partial charge in [0.05, 0.1) is 12.1 Å². The molecule has 0 atom stereocenters. The predicted molar refractivity (Wildman–Crippen MR) is 65.7 cm³/mol. The Morgan fingerprint density at radius 3 is 2.63 bits per heavy atom. The second kappa shape index (κ2) is 5.63. The van der Waals surface area contributed by atoms with Crippen LogP contribution in [0.25, 0.3) is 0 Å². The number of ether oxygens (including phenoxy) is 2. The highest BCUT2D eigenvalue weighted by Crippen LogP contribution is 2.28. The van der Waals surface area contributed by atoms with E-state index < -0.39 is 5.82 Å². The minimum Gasteiger partial charge on any atom is -0.467 e. The zero-order valence-electron chi connectivity index (χ0n) is 9.72. The first-order valence-corrected chi connectivity index (χ1v) is 5.39. The van der Waals surface area contributed by atoms with Gasteiger partial charge in [0.2, 0.25) is 5.95 Å². The molecule has 0 amide bonds. The number of nitrogens with two attached hydrogens (primary N) is 1. The van der Waals surface area contributed by atoms with E-state index in [-0.39, 0.29) is 28.7 Å². The van der Waals surface area contributed by atoms with Gasteiger partial charge in [0.1, 0.15) is 11.6 Å². The van der Waals surface area contributed by atoms with Crippen LogP contribution < -0.4 is 20.7 Å². The van der Waals surface area contributed by atoms with Crippen LogP contribution in [0.1, 0.15) is 0 Å². The van der Waals surface area contributed by atoms with Crippen LogP contribution in [0.3, 0.4) is 0 Å². The molecular weight excluding hydrogens is 277 g/mol. The highest BCUT2D eigenvalue weighted by molar-refractivity contribution is 6.32. The number of hydrazine groups is 1. The molecule has 0 radical (unpaired) electrons. The summed E-state index contributed by atoms with van der Waals surface area (Å²) >= 11 is 5.82. The molecule has 1 aromatic heterocycles. The Hall–Kier alpha value is -2.19. The van der Waals surface area contributed by atoms with Gasteiger partial charge in [-0.3, -0.25) is 5.43 Å². The molecule has 1 aromatic carbocycles. The van der Waals surface area contributed by atoms with Crippen molar-refractivity contribution in [2.45, 2.75) is 0 Å². The van der Waals surface area contributed by atoms with E-state index in [0.29, 0.717) is 0 Å². The van der Waals surface area contributed by atoms with Crippen LogP contribution in [0.4, 0.5) is 10.3 Å². The molecule has 100 valence electrons. The summed E-state index contributed by atoms with van der Waals surface area (Å²) in [4.78, 5) is 11.5. The van der Waals surface area contributed by atoms with Crippen molar-refractivity contribution in [3.8, 4) is 17.8 Å². The molecule has 0 aliphatic carbocycles. The van der Waals surface area contributed by atoms with Crippen LogP contribution in [0.2, 0.25) is 5.02 Å². The van der Waals surface area contributed by atoms with Crippen molar-refractivity contribution in [2.24, 2.45) is 5.84 Å². The summed E-state index contributed by atoms with van der Waals surface area (Å²) in [5, 5.41) is 0.0848. The number of hydrogen-bond acceptors (Lipinski definition) is 7. The maximum absolute atomic E-state index is 12.9. The molecule has 0 aliphatic heterocycles. The molecule has 0 aliphatic rings. The van der Waals surface area contributed by atoms with E-state index in [0.717, 1.165) is 6.07 Å². The Morgan fingerprint density at radius 1 is 1.26 bits per heavy atom. The molecule has 7 nitrogen and oxygen atoms in total. The Bertz CT molecular complexity index is 576. The largest absolute Gasteiger partial charge is 0.467 e. The van der Waals surface area contributed by atoms with Gasteiger partial charge in [-0.15, -0.1) is 4.98 Å². The van der Waals surface area contributed by atoms with Crippen LogP contribution in [0, 0.1) is 5.82 Å². The zero-order chi connectivity index (χ0) is 13.8. The van der Waals surface area contributed by atoms with Gasteiger partial charge in [0.25, 0.3) is 0 Å². The lowest BCUT2D eigenvalue weighted by Crippen LogP contribution is -2.12. The number of nitrogens with zero attached hydrogens (tertiary/aromatic N) is 3. The minimum atomic E-state index is -0.477. The first-order valence-electron chi connectivity index (χ1n) is 5.02. The van der Waals surface area contributed by atoms with Gasteiger partial charge in [0, 0.05) is 0 Å². The van der Waals surface area contributed by atoms with E-state index in [1.807, 2.05) is 0 Å². The van der Waals surface area contributed by atoms with Crippen LogP contribution >= 0.6 is 11.6 Å². The first kappa shape index (κ1) is 13.2. The monoisotopic (exact) mass is 285 g/mol. The number of methoxy groups -OCH3 is 1. The molecule has 1 heterocycles. The SMILES string of the molecule is COc1nc(NN)nc(Oc2ccc(F)cc2Cl)n1. The van der Waals surface area contributed by atoms with Gasteiger partial charge < -0.3 is 9.47 Å². The molecule has 19 heavy (non-hydrogen) atoms. The fourth-order valence-electron chi connectivity index (χ4n) is 1.20. The first-order chi connectivity index (χ1) is 9.12. The molecule has 9 heteroatoms. The smallest absolute Gasteiger partial charge is 0.330 e. The van der Waals surface area contributed by atoms with Crippen molar-refractivity contribution in [2.75, 3.05) is 12.5 Å². The summed E-state index contributed by atoms with van der Waals surface area (Å²) in [6.07, 6.45) is 0. The van der Waals surface area contributed by atoms with E-state index in [4.69, 9.17) is 26.9 Å². The van der Waals surface area contributed by atoms with E-state index in [2.05, 4.69) is 20.4 Å². The van der Waals surface area contributed by atoms with E-state index in [1.165, 1.54) is 19.2 Å². The lowest BCUT2D eigenvalue weighted by atomic mass is 10.3. The molecule has 0 spiro atoms. The number of halogens is 2. The zero-order valence-corrected chi connectivity index (χ0v) is 10.5. The Morgan fingerprint density at radius 2 is 2.00 bits per heavy atom. The quantitative estimate of drug-likeness (QED) is 0.652. The average Bonchev–Trinajstić information content (AvgIpc) is 2.41. The summed E-state index contributed by atoms with van der Waals surface area (Å²) in [7, 11) is 1.38. The molecule has 2 aromatic rings. The highest BCUT2D eigenvalue weighted by Gasteiger charge is 2.10. The van der Waals surface area contributed by atoms with Crippen molar-refractivity contribution in [3.05, 3.63) is 29.0 Å². The van der Waals surface area contributed by atoms with Gasteiger partial charge in [-0.2, -0.15) is 9.97 Å². The maximum atomic E-state index is 12.9. The third-order valence-corrected chi connectivity index (χ3v) is 2.30. The van der Waals surface area contributed by atoms with Crippen molar-refractivity contribution in [1.82, 2.24) is 15.0 Å². The van der Waals surface area contributed by atoms with Crippen LogP contribution in [0.15, 0.2) is 18.2 Å². The van der Waals surface area contributed by atoms with Crippen LogP contribution in [-0.4, -0.2) is 22.1 Å². The topological polar surface area (TPSA) is 95.2 Å². The van der Waals surface area contributed by atoms with E-state index in [9.17, 15) is 4.39 Å². The second-order valence-corrected chi connectivity index (χ2v) is 3.66. The summed E-state index contributed by atoms with van der Waals surface area (Å²) in [5.74, 6) is 4.97. The summed E-state index contributed by atoms with van der Waals surface area (Å²) in [5.41, 5.74) is 2.24. The number of rotatable bonds is 4. The number of benzene rings is 1. The van der Waals surface area contributed by atoms with Gasteiger partial charge >= 0.3 is 12.0 Å². The Labute approximate surface area is 112 Å². The summed E-state index contributed by atoms with van der Waals surface area (Å²) < 4.78 is 23.1. The fraction of sp³-hybridized carbons (Fsp3) is 0.100. The van der Waals surface area contributed by atoms with Crippen molar-refractivity contribution < 1.29 is 13.9 Å². The molecular formula is C10H9ClFN5O2. The third kappa shape index (κ3) is 3.18. The Balaban J connectivity index is 2.31. The second-order valence-electron chi connectivity index (χ2n) is 3.25. The minimum absolute atomic E-state index is 0.0104. The summed E-state index contributed by atoms with van der Waals surface area (Å²) in [6, 6.07) is 3.58. The molecule has 0 saturated carbocycles. The molecule has 0 fully saturated rings. The number of aromatic nitrogens is 3. The van der Waals surface area contributed by atoms with Gasteiger partial charge in [0.15, 0.2) is 0 Å². The highest BCUT2D eigenvalue weighted by atomic mass is 35.5. The van der Waals surface area contributed by atoms with E-state index >= 15 is 0 Å². The lowest BCUT2D eigenvalue weighted by molar-refractivity contribution is 0.360. The van der Waals surface area contributed by atoms with Crippen LogP contribution in [-0.2, 0) is 0 Å². The molecule has 0 saturated heterocycles. The van der Waals surface area contributed by atoms with Gasteiger partial charge in [-0.1, -0.05) is 11.6 Å². The average molecular weight is 286 g/mol. The molecule has 0 unspecified atom stereocenters.